The number of thiocarbonyl (C=S) groups is 1. The van der Waals surface area contributed by atoms with Crippen LogP contribution in [0.2, 0.25) is 0 Å². The highest BCUT2D eigenvalue weighted by Crippen LogP contribution is 2.37. The highest BCUT2D eigenvalue weighted by Gasteiger charge is 2.35. The molecule has 10 heteroatoms. The number of anilines is 2. The number of pyridine rings is 1. The van der Waals surface area contributed by atoms with Gasteiger partial charge >= 0.3 is 0 Å². The second kappa shape index (κ2) is 11.7. The first kappa shape index (κ1) is 27.9. The number of carbonyl (C=O) groups is 1. The van der Waals surface area contributed by atoms with E-state index in [0.29, 0.717) is 53.1 Å². The summed E-state index contributed by atoms with van der Waals surface area (Å²) >= 11 is 6.73. The number of thioether (sulfide) groups is 1. The average molecular weight is 554 g/mol. The number of aromatic nitrogens is 1. The number of carbonyl (C=O) groups excluding carboxylic acids is 1. The van der Waals surface area contributed by atoms with Gasteiger partial charge in [0.05, 0.1) is 4.91 Å². The zero-order valence-corrected chi connectivity index (χ0v) is 23.8. The van der Waals surface area contributed by atoms with Crippen molar-refractivity contribution in [2.45, 2.75) is 53.1 Å². The summed E-state index contributed by atoms with van der Waals surface area (Å²) in [6.45, 7) is 10.8. The lowest BCUT2D eigenvalue weighted by molar-refractivity contribution is -0.123. The Kier molecular flexibility index (Phi) is 8.58. The quantitative estimate of drug-likeness (QED) is 0.357. The third-order valence-corrected chi connectivity index (χ3v) is 8.30. The smallest absolute Gasteiger partial charge is 0.270 e. The molecular formula is C28H32FN5O2S2. The maximum absolute atomic E-state index is 13.5. The molecule has 2 fully saturated rings. The lowest BCUT2D eigenvalue weighted by Crippen LogP contribution is -2.48. The first-order valence-electron chi connectivity index (χ1n) is 12.9. The molecule has 38 heavy (non-hydrogen) atoms. The summed E-state index contributed by atoms with van der Waals surface area (Å²) in [6.07, 6.45) is 3.48. The van der Waals surface area contributed by atoms with E-state index in [1.54, 1.807) is 34.6 Å². The zero-order chi connectivity index (χ0) is 27.6. The van der Waals surface area contributed by atoms with Gasteiger partial charge in [0.25, 0.3) is 11.5 Å². The Labute approximate surface area is 232 Å². The maximum Gasteiger partial charge on any atom is 0.270 e. The molecule has 3 heterocycles. The lowest BCUT2D eigenvalue weighted by Gasteiger charge is -2.39. The number of nitriles is 1. The molecular weight excluding hydrogens is 521 g/mol. The number of benzene rings is 1. The Morgan fingerprint density at radius 1 is 1.13 bits per heavy atom. The summed E-state index contributed by atoms with van der Waals surface area (Å²) in [4.78, 5) is 33.2. The largest absolute Gasteiger partial charge is 0.368 e. The van der Waals surface area contributed by atoms with Crippen LogP contribution in [0.5, 0.6) is 0 Å². The van der Waals surface area contributed by atoms with Crippen LogP contribution in [-0.2, 0) is 11.3 Å². The van der Waals surface area contributed by atoms with E-state index < -0.39 is 0 Å². The minimum Gasteiger partial charge on any atom is -0.368 e. The number of hydrogen-bond donors (Lipinski definition) is 0. The number of piperazine rings is 1. The Bertz CT molecular complexity index is 1370. The zero-order valence-electron chi connectivity index (χ0n) is 22.2. The van der Waals surface area contributed by atoms with Crippen molar-refractivity contribution in [3.05, 3.63) is 62.0 Å². The molecule has 2 aromatic rings. The van der Waals surface area contributed by atoms with E-state index >= 15 is 0 Å². The molecule has 0 bridgehead atoms. The van der Waals surface area contributed by atoms with Crippen molar-refractivity contribution in [1.82, 2.24) is 9.47 Å². The fourth-order valence-corrected chi connectivity index (χ4v) is 6.40. The van der Waals surface area contributed by atoms with Crippen LogP contribution < -0.4 is 15.4 Å². The van der Waals surface area contributed by atoms with Gasteiger partial charge in [-0.2, -0.15) is 5.26 Å². The minimum atomic E-state index is -0.304. The summed E-state index contributed by atoms with van der Waals surface area (Å²) in [6, 6.07) is 8.50. The predicted molar refractivity (Wildman–Crippen MR) is 156 cm³/mol. The molecule has 0 saturated carbocycles. The Hall–Kier alpha value is -3.16. The molecule has 4 rings (SSSR count). The summed E-state index contributed by atoms with van der Waals surface area (Å²) in [5, 5.41) is 9.89. The highest BCUT2D eigenvalue weighted by atomic mass is 32.2. The number of halogens is 1. The van der Waals surface area contributed by atoms with E-state index in [2.05, 4.69) is 22.8 Å². The highest BCUT2D eigenvalue weighted by molar-refractivity contribution is 8.26. The molecule has 7 nitrogen and oxygen atoms in total. The van der Waals surface area contributed by atoms with E-state index in [1.807, 2.05) is 13.8 Å². The molecule has 0 N–H and O–H groups in total. The van der Waals surface area contributed by atoms with Crippen molar-refractivity contribution >= 4 is 51.8 Å². The van der Waals surface area contributed by atoms with Gasteiger partial charge in [-0.15, -0.1) is 0 Å². The molecule has 1 aromatic carbocycles. The topological polar surface area (TPSA) is 72.6 Å². The molecule has 0 atom stereocenters. The number of unbranched alkanes of at least 4 members (excludes halogenated alkanes) is 1. The number of rotatable bonds is 7. The Balaban J connectivity index is 1.80. The summed E-state index contributed by atoms with van der Waals surface area (Å²) in [5.74, 6) is 0.299. The van der Waals surface area contributed by atoms with Gasteiger partial charge in [-0.1, -0.05) is 37.3 Å². The summed E-state index contributed by atoms with van der Waals surface area (Å²) < 4.78 is 15.6. The lowest BCUT2D eigenvalue weighted by atomic mass is 10.0. The number of hydrogen-bond acceptors (Lipinski definition) is 7. The van der Waals surface area contributed by atoms with Crippen LogP contribution in [0.25, 0.3) is 6.08 Å². The first-order chi connectivity index (χ1) is 18.2. The second-order valence-corrected chi connectivity index (χ2v) is 11.4. The van der Waals surface area contributed by atoms with Crippen LogP contribution in [-0.4, -0.2) is 51.9 Å². The van der Waals surface area contributed by atoms with Crippen LogP contribution in [0.4, 0.5) is 15.9 Å². The summed E-state index contributed by atoms with van der Waals surface area (Å²) in [7, 11) is 0. The molecule has 0 spiro atoms. The van der Waals surface area contributed by atoms with E-state index in [-0.39, 0.29) is 28.9 Å². The van der Waals surface area contributed by atoms with Gasteiger partial charge in [0.2, 0.25) is 0 Å². The Morgan fingerprint density at radius 2 is 1.76 bits per heavy atom. The van der Waals surface area contributed by atoms with Gasteiger partial charge in [-0.05, 0) is 63.1 Å². The molecule has 2 aliphatic rings. The minimum absolute atomic E-state index is 0.0679. The summed E-state index contributed by atoms with van der Waals surface area (Å²) in [5.41, 5.74) is 2.01. The maximum atomic E-state index is 13.5. The third kappa shape index (κ3) is 5.36. The van der Waals surface area contributed by atoms with Crippen LogP contribution in [0.15, 0.2) is 34.0 Å². The van der Waals surface area contributed by atoms with Crippen LogP contribution in [0.1, 0.15) is 50.3 Å². The molecule has 200 valence electrons. The van der Waals surface area contributed by atoms with E-state index in [0.717, 1.165) is 24.3 Å². The van der Waals surface area contributed by atoms with Gasteiger partial charge < -0.3 is 9.80 Å². The fraction of sp³-hybridized carbons (Fsp3) is 0.429. The van der Waals surface area contributed by atoms with Crippen molar-refractivity contribution in [3.8, 4) is 6.07 Å². The monoisotopic (exact) mass is 553 g/mol. The normalized spacial score (nSPS) is 17.2. The average Bonchev–Trinajstić information content (AvgIpc) is 3.18. The van der Waals surface area contributed by atoms with Crippen molar-refractivity contribution in [1.29, 1.82) is 5.26 Å². The molecule has 2 saturated heterocycles. The van der Waals surface area contributed by atoms with Gasteiger partial charge in [0, 0.05) is 50.0 Å². The molecule has 0 unspecified atom stereocenters. The standard InChI is InChI=1S/C28H32FN5O2S2/c1-5-6-11-33-25(32-14-12-31(13-15-32)21-9-7-20(29)8-10-21)22(19(4)23(17-30)26(33)35)16-24-27(36)34(18(2)3)28(37)38-24/h7-10,16,18H,5-6,11-15H2,1-4H3. The SMILES string of the molecule is CCCCn1c(N2CCN(c3ccc(F)cc3)CC2)c(C=C2SC(=S)N(C(C)C)C2=O)c(C)c(C#N)c1=O. The fourth-order valence-electron chi connectivity index (χ4n) is 4.89. The van der Waals surface area contributed by atoms with Crippen LogP contribution in [0.3, 0.4) is 0 Å². The van der Waals surface area contributed by atoms with Crippen molar-refractivity contribution < 1.29 is 9.18 Å². The van der Waals surface area contributed by atoms with Gasteiger partial charge in [0.15, 0.2) is 0 Å². The Morgan fingerprint density at radius 3 is 2.32 bits per heavy atom. The van der Waals surface area contributed by atoms with Crippen LogP contribution >= 0.6 is 24.0 Å². The van der Waals surface area contributed by atoms with Gasteiger partial charge in [-0.3, -0.25) is 19.1 Å². The van der Waals surface area contributed by atoms with Gasteiger partial charge in [-0.25, -0.2) is 4.39 Å². The molecule has 1 amide bonds. The molecule has 1 aromatic heterocycles. The molecule has 2 aliphatic heterocycles. The van der Waals surface area contributed by atoms with E-state index in [9.17, 15) is 19.2 Å². The van der Waals surface area contributed by atoms with Gasteiger partial charge in [0.1, 0.15) is 27.6 Å². The van der Waals surface area contributed by atoms with Crippen molar-refractivity contribution in [2.75, 3.05) is 36.0 Å². The van der Waals surface area contributed by atoms with E-state index in [4.69, 9.17) is 12.2 Å². The van der Waals surface area contributed by atoms with Crippen LogP contribution in [0, 0.1) is 24.1 Å². The van der Waals surface area contributed by atoms with Crippen molar-refractivity contribution in [3.63, 3.8) is 0 Å². The number of amides is 1. The van der Waals surface area contributed by atoms with E-state index in [1.165, 1.54) is 23.9 Å². The molecule has 0 aliphatic carbocycles. The first-order valence-corrected chi connectivity index (χ1v) is 14.1. The third-order valence-electron chi connectivity index (χ3n) is 6.97. The molecule has 0 radical (unpaired) electrons. The predicted octanol–water partition coefficient (Wildman–Crippen LogP) is 4.90. The van der Waals surface area contributed by atoms with Crippen molar-refractivity contribution in [2.24, 2.45) is 0 Å². The second-order valence-electron chi connectivity index (χ2n) is 9.76. The number of nitrogens with zero attached hydrogens (tertiary/aromatic N) is 5.